The number of amides is 1. The van der Waals surface area contributed by atoms with Gasteiger partial charge in [-0.3, -0.25) is 4.79 Å². The van der Waals surface area contributed by atoms with Crippen LogP contribution in [-0.2, 0) is 19.6 Å². The summed E-state index contributed by atoms with van der Waals surface area (Å²) in [4.78, 5) is 14.7. The average Bonchev–Trinajstić information content (AvgIpc) is 2.67. The van der Waals surface area contributed by atoms with Crippen LogP contribution in [0.25, 0.3) is 0 Å². The summed E-state index contributed by atoms with van der Waals surface area (Å²) in [7, 11) is -3.72. The average molecular weight is 445 g/mol. The van der Waals surface area contributed by atoms with Crippen molar-refractivity contribution in [1.82, 2.24) is 9.21 Å². The summed E-state index contributed by atoms with van der Waals surface area (Å²) in [6.45, 7) is 1.97. The Bertz CT molecular complexity index is 711. The summed E-state index contributed by atoms with van der Waals surface area (Å²) in [6, 6.07) is 6.51. The first-order valence-corrected chi connectivity index (χ1v) is 11.3. The predicted molar refractivity (Wildman–Crippen MR) is 102 cm³/mol. The van der Waals surface area contributed by atoms with Crippen molar-refractivity contribution in [1.29, 1.82) is 0 Å². The number of halogens is 1. The summed E-state index contributed by atoms with van der Waals surface area (Å²) in [5.74, 6) is -0.139. The lowest BCUT2D eigenvalue weighted by Crippen LogP contribution is -2.50. The van der Waals surface area contributed by atoms with Gasteiger partial charge >= 0.3 is 0 Å². The molecule has 1 aliphatic heterocycles. The monoisotopic (exact) mass is 444 g/mol. The number of morpholine rings is 1. The zero-order valence-corrected chi connectivity index (χ0v) is 17.2. The van der Waals surface area contributed by atoms with Crippen LogP contribution in [0.2, 0.25) is 0 Å². The van der Waals surface area contributed by atoms with Gasteiger partial charge in [-0.15, -0.1) is 0 Å². The topological polar surface area (TPSA) is 66.9 Å². The molecule has 1 amide bonds. The number of hydrogen-bond donors (Lipinski definition) is 0. The van der Waals surface area contributed by atoms with Gasteiger partial charge in [-0.1, -0.05) is 35.2 Å². The second-order valence-corrected chi connectivity index (χ2v) is 9.60. The highest BCUT2D eigenvalue weighted by Crippen LogP contribution is 2.28. The number of carbonyl (C=O) groups excluding carboxylic acids is 1. The molecule has 1 heterocycles. The van der Waals surface area contributed by atoms with E-state index in [0.717, 1.165) is 36.6 Å². The van der Waals surface area contributed by atoms with Crippen molar-refractivity contribution in [2.75, 3.05) is 32.8 Å². The minimum atomic E-state index is -3.72. The number of hydrogen-bond acceptors (Lipinski definition) is 4. The molecule has 0 bridgehead atoms. The molecule has 6 nitrogen and oxygen atoms in total. The molecule has 1 saturated carbocycles. The maximum Gasteiger partial charge on any atom is 0.243 e. The molecule has 0 spiro atoms. The fourth-order valence-electron chi connectivity index (χ4n) is 3.57. The van der Waals surface area contributed by atoms with E-state index < -0.39 is 10.0 Å². The van der Waals surface area contributed by atoms with E-state index in [-0.39, 0.29) is 23.4 Å². The largest absolute Gasteiger partial charge is 0.378 e. The van der Waals surface area contributed by atoms with Crippen molar-refractivity contribution < 1.29 is 17.9 Å². The maximum absolute atomic E-state index is 13.3. The van der Waals surface area contributed by atoms with Crippen LogP contribution in [0.3, 0.4) is 0 Å². The zero-order valence-electron chi connectivity index (χ0n) is 14.8. The Kier molecular flexibility index (Phi) is 6.71. The third-order valence-corrected chi connectivity index (χ3v) is 7.50. The van der Waals surface area contributed by atoms with Crippen molar-refractivity contribution in [3.05, 3.63) is 28.7 Å². The van der Waals surface area contributed by atoms with E-state index in [1.807, 2.05) is 0 Å². The molecule has 0 unspecified atom stereocenters. The lowest BCUT2D eigenvalue weighted by atomic mass is 9.95. The van der Waals surface area contributed by atoms with Crippen LogP contribution >= 0.6 is 15.9 Å². The van der Waals surface area contributed by atoms with Gasteiger partial charge in [-0.05, 0) is 37.1 Å². The summed E-state index contributed by atoms with van der Waals surface area (Å²) >= 11 is 3.34. The Labute approximate surface area is 163 Å². The molecule has 2 aliphatic rings. The molecule has 8 heteroatoms. The van der Waals surface area contributed by atoms with E-state index >= 15 is 0 Å². The summed E-state index contributed by atoms with van der Waals surface area (Å²) in [5, 5.41) is 0. The molecule has 1 aliphatic carbocycles. The van der Waals surface area contributed by atoms with E-state index in [9.17, 15) is 13.2 Å². The first kappa shape index (κ1) is 19.8. The van der Waals surface area contributed by atoms with Crippen LogP contribution in [0.5, 0.6) is 0 Å². The molecule has 1 aromatic carbocycles. The molecule has 0 atom stereocenters. The second-order valence-electron chi connectivity index (χ2n) is 6.79. The highest BCUT2D eigenvalue weighted by Gasteiger charge is 2.35. The fraction of sp³-hybridized carbons (Fsp3) is 0.611. The number of nitrogens with zero attached hydrogens (tertiary/aromatic N) is 2. The van der Waals surface area contributed by atoms with Crippen LogP contribution in [0, 0.1) is 0 Å². The molecule has 0 radical (unpaired) electrons. The zero-order chi connectivity index (χ0) is 18.6. The van der Waals surface area contributed by atoms with Gasteiger partial charge in [0.1, 0.15) is 0 Å². The standard InChI is InChI=1S/C18H25BrN2O4S/c19-15-6-8-17(9-7-15)26(23,24)21(16-4-2-1-3-5-16)14-18(22)20-10-12-25-13-11-20/h6-9,16H,1-5,10-14H2. The number of rotatable bonds is 5. The minimum Gasteiger partial charge on any atom is -0.378 e. The van der Waals surface area contributed by atoms with Crippen LogP contribution in [0.1, 0.15) is 32.1 Å². The molecular weight excluding hydrogens is 420 g/mol. The van der Waals surface area contributed by atoms with Crippen molar-refractivity contribution in [3.8, 4) is 0 Å². The highest BCUT2D eigenvalue weighted by molar-refractivity contribution is 9.10. The number of ether oxygens (including phenoxy) is 1. The third-order valence-electron chi connectivity index (χ3n) is 5.06. The van der Waals surface area contributed by atoms with E-state index in [1.165, 1.54) is 4.31 Å². The number of carbonyl (C=O) groups is 1. The predicted octanol–water partition coefficient (Wildman–Crippen LogP) is 2.63. The quantitative estimate of drug-likeness (QED) is 0.699. The molecule has 2 fully saturated rings. The number of sulfonamides is 1. The lowest BCUT2D eigenvalue weighted by Gasteiger charge is -2.35. The van der Waals surface area contributed by atoms with Gasteiger partial charge < -0.3 is 9.64 Å². The Balaban J connectivity index is 1.84. The smallest absolute Gasteiger partial charge is 0.243 e. The van der Waals surface area contributed by atoms with Crippen LogP contribution in [0.4, 0.5) is 0 Å². The van der Waals surface area contributed by atoms with E-state index in [0.29, 0.717) is 26.3 Å². The van der Waals surface area contributed by atoms with Crippen LogP contribution < -0.4 is 0 Å². The molecule has 0 N–H and O–H groups in total. The second kappa shape index (κ2) is 8.82. The van der Waals surface area contributed by atoms with Crippen molar-refractivity contribution in [3.63, 3.8) is 0 Å². The van der Waals surface area contributed by atoms with Gasteiger partial charge in [0.05, 0.1) is 24.7 Å². The summed E-state index contributed by atoms with van der Waals surface area (Å²) in [5.41, 5.74) is 0. The van der Waals surface area contributed by atoms with Crippen LogP contribution in [0.15, 0.2) is 33.6 Å². The molecule has 0 aromatic heterocycles. The molecule has 144 valence electrons. The summed E-state index contributed by atoms with van der Waals surface area (Å²) in [6.07, 6.45) is 4.75. The van der Waals surface area contributed by atoms with Gasteiger partial charge in [0.2, 0.25) is 15.9 Å². The van der Waals surface area contributed by atoms with Gasteiger partial charge in [-0.2, -0.15) is 4.31 Å². The van der Waals surface area contributed by atoms with Crippen molar-refractivity contribution in [2.45, 2.75) is 43.0 Å². The van der Waals surface area contributed by atoms with Gasteiger partial charge in [0.15, 0.2) is 0 Å². The molecule has 1 aromatic rings. The first-order valence-electron chi connectivity index (χ1n) is 9.11. The van der Waals surface area contributed by atoms with E-state index in [2.05, 4.69) is 15.9 Å². The molecular formula is C18H25BrN2O4S. The third kappa shape index (κ3) is 4.65. The van der Waals surface area contributed by atoms with Gasteiger partial charge in [0, 0.05) is 23.6 Å². The normalized spacial score (nSPS) is 19.7. The fourth-order valence-corrected chi connectivity index (χ4v) is 5.47. The van der Waals surface area contributed by atoms with Gasteiger partial charge in [-0.25, -0.2) is 8.42 Å². The highest BCUT2D eigenvalue weighted by atomic mass is 79.9. The molecule has 26 heavy (non-hydrogen) atoms. The maximum atomic E-state index is 13.3. The molecule has 3 rings (SSSR count). The van der Waals surface area contributed by atoms with Crippen molar-refractivity contribution >= 4 is 31.9 Å². The summed E-state index contributed by atoms with van der Waals surface area (Å²) < 4.78 is 34.1. The SMILES string of the molecule is O=C(CN(C1CCCCC1)S(=O)(=O)c1ccc(Br)cc1)N1CCOCC1. The minimum absolute atomic E-state index is 0.0942. The van der Waals surface area contributed by atoms with Crippen LogP contribution in [-0.4, -0.2) is 62.4 Å². The number of benzene rings is 1. The Morgan fingerprint density at radius 3 is 2.35 bits per heavy atom. The van der Waals surface area contributed by atoms with E-state index in [4.69, 9.17) is 4.74 Å². The lowest BCUT2D eigenvalue weighted by molar-refractivity contribution is -0.135. The Morgan fingerprint density at radius 2 is 1.73 bits per heavy atom. The van der Waals surface area contributed by atoms with Gasteiger partial charge in [0.25, 0.3) is 0 Å². The first-order chi connectivity index (χ1) is 12.5. The van der Waals surface area contributed by atoms with Crippen molar-refractivity contribution in [2.24, 2.45) is 0 Å². The Hall–Kier alpha value is -0.960. The van der Waals surface area contributed by atoms with E-state index in [1.54, 1.807) is 29.2 Å². The Morgan fingerprint density at radius 1 is 1.12 bits per heavy atom. The molecule has 1 saturated heterocycles.